The molecule has 3 nitrogen and oxygen atoms in total. The van der Waals surface area contributed by atoms with Gasteiger partial charge in [0.05, 0.1) is 0 Å². The quantitative estimate of drug-likeness (QED) is 0.364. The Labute approximate surface area is 166 Å². The summed E-state index contributed by atoms with van der Waals surface area (Å²) in [6, 6.07) is 0. The monoisotopic (exact) mass is 965 g/mol. The first-order chi connectivity index (χ1) is 10.0. The van der Waals surface area contributed by atoms with Crippen LogP contribution in [0.4, 0.5) is 0 Å². The molecule has 3 rings (SSSR count). The molecule has 21 heavy (non-hydrogen) atoms. The fourth-order valence-corrected chi connectivity index (χ4v) is 4.96. The van der Waals surface area contributed by atoms with Crippen molar-refractivity contribution >= 4 is 13.9 Å². The van der Waals surface area contributed by atoms with Gasteiger partial charge in [0.1, 0.15) is 0 Å². The molecule has 1 amide bonds. The Balaban J connectivity index is 0.000000774. The molecule has 0 atom stereocenters. The van der Waals surface area contributed by atoms with Crippen LogP contribution in [0.5, 0.6) is 0 Å². The summed E-state index contributed by atoms with van der Waals surface area (Å²) in [4.78, 5) is 13.4. The zero-order chi connectivity index (χ0) is 15.6. The zero-order valence-corrected chi connectivity index (χ0v) is 23.3. The molecule has 0 saturated carbocycles. The number of amides is 1. The van der Waals surface area contributed by atoms with Crippen LogP contribution >= 0.6 is 0 Å². The fourth-order valence-electron chi connectivity index (χ4n) is 3.10. The molecule has 0 N–H and O–H groups in total. The van der Waals surface area contributed by atoms with E-state index in [9.17, 15) is 4.79 Å². The second kappa shape index (κ2) is 7.99. The maximum absolute atomic E-state index is 11.5. The molecule has 7 heteroatoms. The van der Waals surface area contributed by atoms with E-state index < -0.39 is 0 Å². The van der Waals surface area contributed by atoms with Crippen molar-refractivity contribution in [1.29, 1.82) is 0 Å². The van der Waals surface area contributed by atoms with Crippen molar-refractivity contribution in [2.24, 2.45) is 0 Å². The molecule has 1 fully saturated rings. The van der Waals surface area contributed by atoms with Gasteiger partial charge in [-0.05, 0) is 0 Å². The van der Waals surface area contributed by atoms with Gasteiger partial charge in [0, 0.05) is 0 Å². The molecule has 0 unspecified atom stereocenters. The Morgan fingerprint density at radius 3 is 2.48 bits per heavy atom. The molecular weight excluding hydrogens is 950 g/mol. The Morgan fingerprint density at radius 1 is 1.29 bits per heavy atom. The van der Waals surface area contributed by atoms with Gasteiger partial charge in [-0.3, -0.25) is 0 Å². The summed E-state index contributed by atoms with van der Waals surface area (Å²) >= 11 is 6.26. The number of allylic oxidation sites excluding steroid dienone is 1. The number of carbonyl (C=O) groups is 1. The van der Waals surface area contributed by atoms with E-state index in [0.717, 1.165) is 32.4 Å². The molecule has 1 saturated heterocycles. The molecule has 1 spiro atoms. The second-order valence-corrected chi connectivity index (χ2v) is 8.02. The van der Waals surface area contributed by atoms with E-state index in [1.54, 1.807) is 39.4 Å². The van der Waals surface area contributed by atoms with Crippen molar-refractivity contribution in [3.63, 3.8) is 0 Å². The maximum atomic E-state index is 11.5. The predicted molar refractivity (Wildman–Crippen MR) is 66.1 cm³/mol. The molecule has 3 aliphatic rings. The standard InChI is InChI=1S/C14H15NO2.4W/c1-11(16)15-8-6-14(7-9-15)13-4-2-3-12(13)5-10-17-14;;;;/h2,4H,3,6-9H2,1H3;;;;. The molecule has 0 radical (unpaired) electrons. The third-order valence-corrected chi connectivity index (χ3v) is 8.79. The van der Waals surface area contributed by atoms with Gasteiger partial charge >= 0.3 is 168 Å². The molecule has 0 aromatic carbocycles. The normalized spacial score (nSPS) is 23.0. The zero-order valence-electron chi connectivity index (χ0n) is 11.6. The summed E-state index contributed by atoms with van der Waals surface area (Å²) in [7, 11) is 0. The SMILES string of the molecule is CC(=O)N1CCC2(CC1)O[C](=[W])[C](=[W])C1=C2C=CC1.[W]=[W]. The molecular formula is C14H15NO2W4. The van der Waals surface area contributed by atoms with Crippen LogP contribution in [0.15, 0.2) is 23.3 Å². The summed E-state index contributed by atoms with van der Waals surface area (Å²) in [5, 5.41) is 0. The molecule has 1 aliphatic carbocycles. The Kier molecular flexibility index (Phi) is 7.13. The minimum absolute atomic E-state index is 0.148. The number of piperidine rings is 1. The number of hydrogen-bond acceptors (Lipinski definition) is 2. The van der Waals surface area contributed by atoms with E-state index in [1.807, 2.05) is 4.90 Å². The first-order valence-electron chi connectivity index (χ1n) is 6.63. The summed E-state index contributed by atoms with van der Waals surface area (Å²) < 4.78 is 8.95. The van der Waals surface area contributed by atoms with Crippen LogP contribution in [0.25, 0.3) is 0 Å². The average Bonchev–Trinajstić information content (AvgIpc) is 2.98. The molecule has 2 aliphatic heterocycles. The Bertz CT molecular complexity index is 559. The van der Waals surface area contributed by atoms with Crippen LogP contribution in [0.3, 0.4) is 0 Å². The van der Waals surface area contributed by atoms with Crippen LogP contribution in [-0.4, -0.2) is 37.5 Å². The number of likely N-dealkylation sites (tertiary alicyclic amines) is 1. The molecule has 2 heterocycles. The third kappa shape index (κ3) is 3.74. The van der Waals surface area contributed by atoms with Crippen LogP contribution in [0.2, 0.25) is 0 Å². The summed E-state index contributed by atoms with van der Waals surface area (Å²) in [5.41, 5.74) is 2.75. The average molecular weight is 965 g/mol. The predicted octanol–water partition coefficient (Wildman–Crippen LogP) is 1.05. The van der Waals surface area contributed by atoms with Crippen molar-refractivity contribution in [3.8, 4) is 0 Å². The minimum atomic E-state index is -0.148. The van der Waals surface area contributed by atoms with Gasteiger partial charge in [-0.15, -0.1) is 0 Å². The number of nitrogens with zero attached hydrogens (tertiary/aromatic N) is 1. The van der Waals surface area contributed by atoms with E-state index in [-0.39, 0.29) is 11.5 Å². The molecule has 112 valence electrons. The number of fused-ring (bicyclic) bond motifs is 1. The van der Waals surface area contributed by atoms with Gasteiger partial charge in [0.15, 0.2) is 0 Å². The Hall–Kier alpha value is 1.40. The molecule has 0 aromatic heterocycles. The van der Waals surface area contributed by atoms with Crippen LogP contribution in [0, 0.1) is 0 Å². The van der Waals surface area contributed by atoms with Crippen molar-refractivity contribution in [2.75, 3.05) is 13.1 Å². The van der Waals surface area contributed by atoms with Gasteiger partial charge in [-0.1, -0.05) is 0 Å². The van der Waals surface area contributed by atoms with Crippen LogP contribution in [-0.2, 0) is 80.7 Å². The van der Waals surface area contributed by atoms with Gasteiger partial charge in [0.2, 0.25) is 0 Å². The second-order valence-electron chi connectivity index (χ2n) is 5.22. The summed E-state index contributed by atoms with van der Waals surface area (Å²) in [6.45, 7) is 3.28. The fraction of sp³-hybridized carbons (Fsp3) is 0.500. The first-order valence-corrected chi connectivity index (χ1v) is 20.6. The van der Waals surface area contributed by atoms with Gasteiger partial charge in [-0.25, -0.2) is 0 Å². The molecule has 0 aromatic rings. The summed E-state index contributed by atoms with van der Waals surface area (Å²) in [5.74, 6) is 0.181. The van der Waals surface area contributed by atoms with Crippen LogP contribution < -0.4 is 0 Å². The number of rotatable bonds is 0. The Morgan fingerprint density at radius 2 is 1.90 bits per heavy atom. The van der Waals surface area contributed by atoms with Gasteiger partial charge in [0.25, 0.3) is 0 Å². The number of hydrogen-bond donors (Lipinski definition) is 0. The van der Waals surface area contributed by atoms with Crippen molar-refractivity contribution in [1.82, 2.24) is 4.90 Å². The van der Waals surface area contributed by atoms with E-state index >= 15 is 0 Å². The van der Waals surface area contributed by atoms with E-state index in [2.05, 4.69) is 12.2 Å². The van der Waals surface area contributed by atoms with E-state index in [0.29, 0.717) is 0 Å². The van der Waals surface area contributed by atoms with Gasteiger partial charge < -0.3 is 0 Å². The third-order valence-electron chi connectivity index (χ3n) is 4.19. The topological polar surface area (TPSA) is 29.5 Å². The van der Waals surface area contributed by atoms with Crippen molar-refractivity contribution < 1.29 is 80.7 Å². The number of ether oxygens (including phenoxy) is 1. The van der Waals surface area contributed by atoms with Crippen molar-refractivity contribution in [2.45, 2.75) is 31.8 Å². The van der Waals surface area contributed by atoms with Crippen LogP contribution in [0.1, 0.15) is 26.2 Å². The number of carbonyl (C=O) groups excluding carboxylic acids is 1. The first kappa shape index (κ1) is 18.7. The van der Waals surface area contributed by atoms with E-state index in [1.165, 1.54) is 57.8 Å². The summed E-state index contributed by atoms with van der Waals surface area (Å²) in [6.07, 6.45) is 7.42. The van der Waals surface area contributed by atoms with Crippen molar-refractivity contribution in [3.05, 3.63) is 23.3 Å². The van der Waals surface area contributed by atoms with Gasteiger partial charge in [-0.2, -0.15) is 0 Å². The molecule has 0 bridgehead atoms. The van der Waals surface area contributed by atoms with E-state index in [4.69, 9.17) is 4.74 Å².